The Morgan fingerprint density at radius 1 is 0.968 bits per heavy atom. The summed E-state index contributed by atoms with van der Waals surface area (Å²) in [6.07, 6.45) is 0. The van der Waals surface area contributed by atoms with Crippen LogP contribution in [0.1, 0.15) is 0 Å². The monoisotopic (exact) mass is 425 g/mol. The second-order valence-corrected chi connectivity index (χ2v) is 6.30. The Hall–Kier alpha value is -4.41. The lowest BCUT2D eigenvalue weighted by Crippen LogP contribution is -2.35. The number of carbonyl (C=O) groups is 4. The molecule has 2 aromatic rings. The summed E-state index contributed by atoms with van der Waals surface area (Å²) in [5.74, 6) is -3.00. The average Bonchev–Trinajstić information content (AvgIpc) is 3.02. The minimum Gasteiger partial charge on any atom is -0.497 e. The molecule has 0 radical (unpaired) electrons. The summed E-state index contributed by atoms with van der Waals surface area (Å²) in [7, 11) is 2.97. The van der Waals surface area contributed by atoms with Gasteiger partial charge in [0.15, 0.2) is 5.92 Å². The molecule has 0 aromatic heterocycles. The van der Waals surface area contributed by atoms with Gasteiger partial charge >= 0.3 is 6.03 Å². The topological polar surface area (TPSA) is 152 Å². The van der Waals surface area contributed by atoms with E-state index in [4.69, 9.17) is 15.2 Å². The molecule has 160 valence electrons. The first-order chi connectivity index (χ1) is 14.8. The third-order valence-electron chi connectivity index (χ3n) is 4.40. The number of hydrogen-bond donors (Lipinski definition) is 3. The van der Waals surface area contributed by atoms with E-state index in [9.17, 15) is 19.2 Å². The van der Waals surface area contributed by atoms with Crippen LogP contribution >= 0.6 is 0 Å². The van der Waals surface area contributed by atoms with E-state index in [1.807, 2.05) is 5.43 Å². The van der Waals surface area contributed by atoms with Gasteiger partial charge < -0.3 is 20.5 Å². The summed E-state index contributed by atoms with van der Waals surface area (Å²) >= 11 is 0. The Morgan fingerprint density at radius 3 is 2.03 bits per heavy atom. The average molecular weight is 425 g/mol. The van der Waals surface area contributed by atoms with Gasteiger partial charge in [-0.2, -0.15) is 5.10 Å². The number of rotatable bonds is 6. The Kier molecular flexibility index (Phi) is 6.15. The first-order valence-electron chi connectivity index (χ1n) is 8.96. The summed E-state index contributed by atoms with van der Waals surface area (Å²) in [6, 6.07) is 11.4. The van der Waals surface area contributed by atoms with Crippen molar-refractivity contribution in [1.82, 2.24) is 5.43 Å². The third kappa shape index (κ3) is 4.45. The highest BCUT2D eigenvalue weighted by Crippen LogP contribution is 2.28. The Morgan fingerprint density at radius 2 is 1.52 bits per heavy atom. The molecule has 1 heterocycles. The van der Waals surface area contributed by atoms with E-state index in [0.717, 1.165) is 4.90 Å². The van der Waals surface area contributed by atoms with Gasteiger partial charge in [-0.25, -0.2) is 15.1 Å². The van der Waals surface area contributed by atoms with Gasteiger partial charge in [0.05, 0.1) is 19.9 Å². The van der Waals surface area contributed by atoms with Crippen molar-refractivity contribution in [1.29, 1.82) is 0 Å². The van der Waals surface area contributed by atoms with Crippen molar-refractivity contribution in [2.24, 2.45) is 16.8 Å². The molecule has 5 amide bonds. The molecule has 1 unspecified atom stereocenters. The van der Waals surface area contributed by atoms with E-state index in [2.05, 4.69) is 10.4 Å². The van der Waals surface area contributed by atoms with Gasteiger partial charge in [0.1, 0.15) is 17.2 Å². The highest BCUT2D eigenvalue weighted by molar-refractivity contribution is 6.61. The van der Waals surface area contributed by atoms with Crippen LogP contribution in [0, 0.1) is 5.92 Å². The number of anilines is 2. The molecular formula is C20H19N5O6. The maximum atomic E-state index is 13.0. The number of nitrogens with two attached hydrogens (primary N) is 1. The number of benzene rings is 2. The maximum absolute atomic E-state index is 13.0. The number of nitrogens with one attached hydrogen (secondary N) is 2. The van der Waals surface area contributed by atoms with E-state index in [1.165, 1.54) is 26.4 Å². The van der Waals surface area contributed by atoms with Crippen molar-refractivity contribution in [2.45, 2.75) is 0 Å². The number of ether oxygens (including phenoxy) is 2. The summed E-state index contributed by atoms with van der Waals surface area (Å²) in [5.41, 5.74) is 7.03. The fourth-order valence-corrected chi connectivity index (χ4v) is 2.91. The number of amides is 5. The second-order valence-electron chi connectivity index (χ2n) is 6.30. The molecule has 4 N–H and O–H groups in total. The molecule has 11 heteroatoms. The standard InChI is InChI=1S/C20H19N5O6/c1-30-13-7-3-11(4-8-13)22-17(26)15-16(23-24-20(21)29)19(28)25(18(15)27)12-5-9-14(31-2)10-6-12/h3-10,15H,1-2H3,(H,22,26)(H3,21,24,29)/b23-16-. The molecule has 3 rings (SSSR count). The van der Waals surface area contributed by atoms with Gasteiger partial charge in [0.25, 0.3) is 11.8 Å². The van der Waals surface area contributed by atoms with E-state index >= 15 is 0 Å². The van der Waals surface area contributed by atoms with Crippen LogP contribution in [-0.2, 0) is 14.4 Å². The molecule has 0 spiro atoms. The van der Waals surface area contributed by atoms with Crippen molar-refractivity contribution in [3.63, 3.8) is 0 Å². The molecule has 0 bridgehead atoms. The van der Waals surface area contributed by atoms with Crippen LogP contribution in [0.5, 0.6) is 11.5 Å². The molecule has 1 atom stereocenters. The molecule has 1 saturated heterocycles. The van der Waals surface area contributed by atoms with Crippen LogP contribution in [0.15, 0.2) is 53.6 Å². The highest BCUT2D eigenvalue weighted by atomic mass is 16.5. The molecule has 31 heavy (non-hydrogen) atoms. The van der Waals surface area contributed by atoms with Gasteiger partial charge in [0.2, 0.25) is 5.91 Å². The van der Waals surface area contributed by atoms with Crippen LogP contribution in [0.25, 0.3) is 0 Å². The number of nitrogens with zero attached hydrogens (tertiary/aromatic N) is 2. The number of carbonyl (C=O) groups excluding carboxylic acids is 4. The van der Waals surface area contributed by atoms with Crippen LogP contribution in [-0.4, -0.2) is 43.7 Å². The van der Waals surface area contributed by atoms with Crippen molar-refractivity contribution in [2.75, 3.05) is 24.4 Å². The van der Waals surface area contributed by atoms with Crippen LogP contribution < -0.4 is 30.8 Å². The SMILES string of the molecule is COc1ccc(NC(=O)C2C(=O)N(c3ccc(OC)cc3)C(=O)/C2=N\NC(N)=O)cc1. The number of methoxy groups -OCH3 is 2. The summed E-state index contributed by atoms with van der Waals surface area (Å²) in [6.45, 7) is 0. The Bertz CT molecular complexity index is 1050. The molecule has 1 aliphatic heterocycles. The lowest BCUT2D eigenvalue weighted by atomic mass is 10.0. The molecule has 2 aromatic carbocycles. The largest absolute Gasteiger partial charge is 0.497 e. The summed E-state index contributed by atoms with van der Waals surface area (Å²) in [4.78, 5) is 50.7. The van der Waals surface area contributed by atoms with E-state index in [-0.39, 0.29) is 5.69 Å². The van der Waals surface area contributed by atoms with E-state index < -0.39 is 35.4 Å². The summed E-state index contributed by atoms with van der Waals surface area (Å²) < 4.78 is 10.1. The fraction of sp³-hybridized carbons (Fsp3) is 0.150. The van der Waals surface area contributed by atoms with Crippen molar-refractivity contribution in [3.8, 4) is 11.5 Å². The van der Waals surface area contributed by atoms with Gasteiger partial charge in [-0.15, -0.1) is 0 Å². The lowest BCUT2D eigenvalue weighted by Gasteiger charge is -2.14. The van der Waals surface area contributed by atoms with Gasteiger partial charge in [-0.3, -0.25) is 14.4 Å². The molecular weight excluding hydrogens is 406 g/mol. The predicted octanol–water partition coefficient (Wildman–Crippen LogP) is 0.856. The fourth-order valence-electron chi connectivity index (χ4n) is 2.91. The Labute approximate surface area is 176 Å². The number of urea groups is 1. The predicted molar refractivity (Wildman–Crippen MR) is 111 cm³/mol. The van der Waals surface area contributed by atoms with Crippen molar-refractivity contribution in [3.05, 3.63) is 48.5 Å². The van der Waals surface area contributed by atoms with Crippen LogP contribution in [0.4, 0.5) is 16.2 Å². The number of primary amides is 1. The normalized spacial score (nSPS) is 16.9. The van der Waals surface area contributed by atoms with E-state index in [0.29, 0.717) is 17.2 Å². The van der Waals surface area contributed by atoms with Gasteiger partial charge in [-0.1, -0.05) is 0 Å². The van der Waals surface area contributed by atoms with Gasteiger partial charge in [0, 0.05) is 5.69 Å². The zero-order valence-electron chi connectivity index (χ0n) is 16.6. The molecule has 0 aliphatic carbocycles. The smallest absolute Gasteiger partial charge is 0.332 e. The molecule has 1 fully saturated rings. The first-order valence-corrected chi connectivity index (χ1v) is 8.96. The van der Waals surface area contributed by atoms with Gasteiger partial charge in [-0.05, 0) is 48.5 Å². The third-order valence-corrected chi connectivity index (χ3v) is 4.40. The van der Waals surface area contributed by atoms with E-state index in [1.54, 1.807) is 36.4 Å². The number of hydrazone groups is 1. The maximum Gasteiger partial charge on any atom is 0.332 e. The minimum absolute atomic E-state index is 0.210. The van der Waals surface area contributed by atoms with Crippen LogP contribution in [0.2, 0.25) is 0 Å². The van der Waals surface area contributed by atoms with Crippen LogP contribution in [0.3, 0.4) is 0 Å². The second kappa shape index (κ2) is 8.95. The molecule has 11 nitrogen and oxygen atoms in total. The first kappa shape index (κ1) is 21.3. The van der Waals surface area contributed by atoms with Crippen molar-refractivity contribution < 1.29 is 28.7 Å². The lowest BCUT2D eigenvalue weighted by molar-refractivity contribution is -0.127. The zero-order valence-corrected chi connectivity index (χ0v) is 16.6. The Balaban J connectivity index is 1.93. The highest BCUT2D eigenvalue weighted by Gasteiger charge is 2.50. The van der Waals surface area contributed by atoms with Crippen molar-refractivity contribution >= 4 is 40.8 Å². The number of imide groups is 1. The molecule has 0 saturated carbocycles. The molecule has 1 aliphatic rings. The number of hydrogen-bond acceptors (Lipinski definition) is 7. The quantitative estimate of drug-likeness (QED) is 0.354. The summed E-state index contributed by atoms with van der Waals surface area (Å²) in [5, 5.41) is 6.16. The zero-order chi connectivity index (χ0) is 22.5. The minimum atomic E-state index is -1.59.